The zero-order valence-electron chi connectivity index (χ0n) is 25.0. The maximum Gasteiger partial charge on any atom is 0.306 e. The summed E-state index contributed by atoms with van der Waals surface area (Å²) in [7, 11) is 0. The molecular formula is C33H46N4O5. The number of oxime groups is 1. The third-order valence-electron chi connectivity index (χ3n) is 10.2. The van der Waals surface area contributed by atoms with Crippen LogP contribution in [0.4, 0.5) is 0 Å². The highest BCUT2D eigenvalue weighted by atomic mass is 16.6. The number of aliphatic hydroxyl groups excluding tert-OH is 1. The molecule has 6 rings (SSSR count). The zero-order valence-corrected chi connectivity index (χ0v) is 25.0. The Bertz CT molecular complexity index is 1320. The molecule has 9 heteroatoms. The smallest absolute Gasteiger partial charge is 0.306 e. The number of rotatable bonds is 10. The average molecular weight is 579 g/mol. The molecule has 42 heavy (non-hydrogen) atoms. The number of carbonyl (C=O) groups excluding carboxylic acids is 1. The number of fused-ring (bicyclic) bond motifs is 5. The highest BCUT2D eigenvalue weighted by Gasteiger charge is 2.45. The molecule has 0 spiro atoms. The van der Waals surface area contributed by atoms with E-state index in [4.69, 9.17) is 14.6 Å². The minimum Gasteiger partial charge on any atom is -0.466 e. The Kier molecular flexibility index (Phi) is 9.24. The van der Waals surface area contributed by atoms with E-state index in [9.17, 15) is 14.7 Å². The summed E-state index contributed by atoms with van der Waals surface area (Å²) in [5, 5.41) is 13.4. The van der Waals surface area contributed by atoms with E-state index in [0.29, 0.717) is 23.8 Å². The molecule has 3 unspecified atom stereocenters. The second-order valence-electron chi connectivity index (χ2n) is 12.9. The van der Waals surface area contributed by atoms with Crippen LogP contribution in [-0.4, -0.2) is 69.2 Å². The number of hydrogen-bond donors (Lipinski definition) is 1. The summed E-state index contributed by atoms with van der Waals surface area (Å²) in [5.74, 6) is 1.44. The fraction of sp³-hybridized carbons (Fsp3) is 0.697. The van der Waals surface area contributed by atoms with E-state index in [2.05, 4.69) is 10.1 Å². The highest BCUT2D eigenvalue weighted by molar-refractivity contribution is 6.00. The molecule has 3 heterocycles. The Morgan fingerprint density at radius 3 is 2.38 bits per heavy atom. The minimum atomic E-state index is -0.361. The topological polar surface area (TPSA) is 106 Å². The fourth-order valence-corrected chi connectivity index (χ4v) is 8.67. The predicted molar refractivity (Wildman–Crippen MR) is 161 cm³/mol. The van der Waals surface area contributed by atoms with Gasteiger partial charge in [-0.1, -0.05) is 43.0 Å². The summed E-state index contributed by atoms with van der Waals surface area (Å²) >= 11 is 0. The second kappa shape index (κ2) is 13.2. The van der Waals surface area contributed by atoms with Crippen LogP contribution in [0.15, 0.2) is 34.2 Å². The molecule has 2 aliphatic heterocycles. The Hall–Kier alpha value is -2.78. The summed E-state index contributed by atoms with van der Waals surface area (Å²) in [5.41, 5.74) is 1.91. The van der Waals surface area contributed by atoms with Gasteiger partial charge in [0.05, 0.1) is 30.7 Å². The number of para-hydroxylation sites is 2. The van der Waals surface area contributed by atoms with Crippen molar-refractivity contribution < 1.29 is 19.5 Å². The first-order chi connectivity index (χ1) is 20.6. The van der Waals surface area contributed by atoms with Crippen molar-refractivity contribution in [1.29, 1.82) is 0 Å². The Balaban J connectivity index is 1.32. The van der Waals surface area contributed by atoms with E-state index in [1.165, 1.54) is 57.8 Å². The fourth-order valence-electron chi connectivity index (χ4n) is 8.67. The monoisotopic (exact) mass is 578 g/mol. The van der Waals surface area contributed by atoms with Gasteiger partial charge in [-0.05, 0) is 75.8 Å². The van der Waals surface area contributed by atoms with Gasteiger partial charge < -0.3 is 19.2 Å². The van der Waals surface area contributed by atoms with E-state index < -0.39 is 0 Å². The normalized spacial score (nSPS) is 29.8. The Morgan fingerprint density at radius 1 is 0.952 bits per heavy atom. The Morgan fingerprint density at radius 2 is 1.67 bits per heavy atom. The molecule has 4 aliphatic rings. The summed E-state index contributed by atoms with van der Waals surface area (Å²) in [6, 6.07) is 9.59. The molecular weight excluding hydrogens is 532 g/mol. The molecule has 0 amide bonds. The Labute approximate surface area is 248 Å². The summed E-state index contributed by atoms with van der Waals surface area (Å²) in [6.45, 7) is 1.85. The lowest BCUT2D eigenvalue weighted by molar-refractivity contribution is -0.142. The van der Waals surface area contributed by atoms with Crippen LogP contribution in [0, 0.1) is 11.8 Å². The maximum atomic E-state index is 14.3. The van der Waals surface area contributed by atoms with Crippen LogP contribution in [0.2, 0.25) is 0 Å². The number of ether oxygens (including phenoxy) is 1. The summed E-state index contributed by atoms with van der Waals surface area (Å²) < 4.78 is 7.09. The standard InChI is InChI=1S/C33H46N4O5/c1-2-41-31(39)14-13-29(35-42-16-15-38)32-33(40)37(30-12-4-3-11-28(30)34-32)27-20-24-9-6-10-25(21-27)36(24)26-18-22-7-5-8-23(17-22)19-26/h3-4,11-12,22-27,38H,2,5-10,13-21H2,1H3/b35-29+/t22?,23?,24-,25+,26?,27?. The molecule has 2 saturated carbocycles. The van der Waals surface area contributed by atoms with Gasteiger partial charge in [-0.25, -0.2) is 4.98 Å². The maximum absolute atomic E-state index is 14.3. The highest BCUT2D eigenvalue weighted by Crippen LogP contribution is 2.47. The largest absolute Gasteiger partial charge is 0.466 e. The molecule has 0 radical (unpaired) electrons. The van der Waals surface area contributed by atoms with Crippen molar-refractivity contribution in [1.82, 2.24) is 14.5 Å². The van der Waals surface area contributed by atoms with Crippen LogP contribution < -0.4 is 5.56 Å². The third-order valence-corrected chi connectivity index (χ3v) is 10.2. The van der Waals surface area contributed by atoms with Crippen molar-refractivity contribution in [2.24, 2.45) is 17.0 Å². The molecule has 228 valence electrons. The van der Waals surface area contributed by atoms with Crippen molar-refractivity contribution in [2.45, 2.75) is 115 Å². The molecule has 4 fully saturated rings. The summed E-state index contributed by atoms with van der Waals surface area (Å²) in [4.78, 5) is 39.5. The van der Waals surface area contributed by atoms with Gasteiger partial charge in [0.25, 0.3) is 5.56 Å². The SMILES string of the molecule is CCOC(=O)CC/C(=N\OCCO)c1nc2ccccc2n(C2C[C@H]3CCC[C@@H](C2)N3C2CC3CCCC(C3)C2)c1=O. The first-order valence-corrected chi connectivity index (χ1v) is 16.3. The number of hydrogen-bond acceptors (Lipinski definition) is 8. The molecule has 5 atom stereocenters. The molecule has 4 bridgehead atoms. The van der Waals surface area contributed by atoms with Crippen molar-refractivity contribution >= 4 is 22.7 Å². The van der Waals surface area contributed by atoms with Crippen LogP contribution >= 0.6 is 0 Å². The van der Waals surface area contributed by atoms with Crippen molar-refractivity contribution in [3.63, 3.8) is 0 Å². The lowest BCUT2D eigenvalue weighted by Gasteiger charge is -2.55. The van der Waals surface area contributed by atoms with Crippen LogP contribution in [0.25, 0.3) is 11.0 Å². The first kappa shape index (κ1) is 29.3. The number of nitrogens with zero attached hydrogens (tertiary/aromatic N) is 4. The van der Waals surface area contributed by atoms with Gasteiger partial charge in [0.15, 0.2) is 5.69 Å². The molecule has 1 aromatic carbocycles. The van der Waals surface area contributed by atoms with Gasteiger partial charge in [0.1, 0.15) is 12.3 Å². The number of benzene rings is 1. The molecule has 2 aromatic rings. The van der Waals surface area contributed by atoms with Crippen molar-refractivity contribution in [3.05, 3.63) is 40.3 Å². The van der Waals surface area contributed by atoms with Crippen LogP contribution in [0.3, 0.4) is 0 Å². The van der Waals surface area contributed by atoms with Gasteiger partial charge in [-0.3, -0.25) is 14.5 Å². The van der Waals surface area contributed by atoms with Gasteiger partial charge >= 0.3 is 5.97 Å². The average Bonchev–Trinajstić information content (AvgIpc) is 2.98. The van der Waals surface area contributed by atoms with Crippen LogP contribution in [0.5, 0.6) is 0 Å². The van der Waals surface area contributed by atoms with E-state index in [1.54, 1.807) is 6.92 Å². The van der Waals surface area contributed by atoms with Crippen molar-refractivity contribution in [3.8, 4) is 0 Å². The van der Waals surface area contributed by atoms with Gasteiger partial charge in [0, 0.05) is 30.6 Å². The molecule has 2 saturated heterocycles. The second-order valence-corrected chi connectivity index (χ2v) is 12.9. The van der Waals surface area contributed by atoms with Gasteiger partial charge in [-0.2, -0.15) is 0 Å². The van der Waals surface area contributed by atoms with Crippen molar-refractivity contribution in [2.75, 3.05) is 19.8 Å². The lowest BCUT2D eigenvalue weighted by Crippen LogP contribution is -2.58. The molecule has 1 aromatic heterocycles. The minimum absolute atomic E-state index is 0.00458. The van der Waals surface area contributed by atoms with E-state index >= 15 is 0 Å². The van der Waals surface area contributed by atoms with Gasteiger partial charge in [-0.15, -0.1) is 0 Å². The number of carbonyl (C=O) groups is 1. The van der Waals surface area contributed by atoms with Crippen LogP contribution in [-0.2, 0) is 14.4 Å². The molecule has 1 N–H and O–H groups in total. The predicted octanol–water partition coefficient (Wildman–Crippen LogP) is 4.98. The first-order valence-electron chi connectivity index (χ1n) is 16.3. The number of aromatic nitrogens is 2. The third kappa shape index (κ3) is 6.13. The van der Waals surface area contributed by atoms with E-state index in [-0.39, 0.29) is 55.9 Å². The summed E-state index contributed by atoms with van der Waals surface area (Å²) in [6.07, 6.45) is 14.2. The van der Waals surface area contributed by atoms with E-state index in [0.717, 1.165) is 35.7 Å². The number of piperidine rings is 2. The van der Waals surface area contributed by atoms with Gasteiger partial charge in [0.2, 0.25) is 0 Å². The van der Waals surface area contributed by atoms with Crippen LogP contribution in [0.1, 0.15) is 102 Å². The molecule has 2 aliphatic carbocycles. The van der Waals surface area contributed by atoms with E-state index in [1.807, 2.05) is 28.8 Å². The lowest BCUT2D eigenvalue weighted by atomic mass is 9.68. The zero-order chi connectivity index (χ0) is 29.1. The quantitative estimate of drug-likeness (QED) is 0.183. The number of esters is 1. The number of aliphatic hydroxyl groups is 1. The molecule has 9 nitrogen and oxygen atoms in total.